The number of methoxy groups -OCH3 is 1. The Morgan fingerprint density at radius 2 is 1.86 bits per heavy atom. The molecule has 0 unspecified atom stereocenters. The Hall–Kier alpha value is -1.10. The average molecular weight is 292 g/mol. The van der Waals surface area contributed by atoms with Crippen LogP contribution in [-0.4, -0.2) is 62.3 Å². The van der Waals surface area contributed by atoms with E-state index in [-0.39, 0.29) is 0 Å². The molecule has 0 radical (unpaired) electrons. The second-order valence-electron chi connectivity index (χ2n) is 6.08. The fourth-order valence-electron chi connectivity index (χ4n) is 3.12. The molecule has 1 aromatic carbocycles. The summed E-state index contributed by atoms with van der Waals surface area (Å²) in [7, 11) is 3.89. The number of rotatable bonds is 6. The van der Waals surface area contributed by atoms with E-state index in [9.17, 15) is 0 Å². The molecule has 1 fully saturated rings. The normalized spacial score (nSPS) is 24.2. The van der Waals surface area contributed by atoms with Crippen molar-refractivity contribution in [3.05, 3.63) is 29.8 Å². The molecule has 0 bridgehead atoms. The fraction of sp³-hybridized carbons (Fsp3) is 0.647. The summed E-state index contributed by atoms with van der Waals surface area (Å²) < 4.78 is 10.7. The molecule has 4 nitrogen and oxygen atoms in total. The van der Waals surface area contributed by atoms with Gasteiger partial charge in [-0.15, -0.1) is 0 Å². The standard InChI is InChI=1S/C17H28N2O2/c1-14-11-18(3)12-15(2)19(14)13-16-6-5-7-17(10-16)21-9-8-20-4/h5-7,10,14-15H,8-9,11-13H2,1-4H3/t14-,15-/m1/s1. The van der Waals surface area contributed by atoms with Crippen LogP contribution in [0.1, 0.15) is 19.4 Å². The number of nitrogens with zero attached hydrogens (tertiary/aromatic N) is 2. The van der Waals surface area contributed by atoms with Gasteiger partial charge in [-0.3, -0.25) is 4.90 Å². The largest absolute Gasteiger partial charge is 0.491 e. The number of likely N-dealkylation sites (N-methyl/N-ethyl adjacent to an activating group) is 1. The van der Waals surface area contributed by atoms with Crippen molar-refractivity contribution in [1.82, 2.24) is 9.80 Å². The maximum absolute atomic E-state index is 5.70. The fourth-order valence-corrected chi connectivity index (χ4v) is 3.12. The molecule has 0 N–H and O–H groups in total. The number of hydrogen-bond acceptors (Lipinski definition) is 4. The maximum atomic E-state index is 5.70. The minimum atomic E-state index is 0.580. The predicted molar refractivity (Wildman–Crippen MR) is 85.8 cm³/mol. The Kier molecular flexibility index (Phi) is 6.03. The second kappa shape index (κ2) is 7.78. The predicted octanol–water partition coefficient (Wildman–Crippen LogP) is 2.24. The van der Waals surface area contributed by atoms with E-state index in [0.29, 0.717) is 25.3 Å². The molecule has 4 heteroatoms. The Morgan fingerprint density at radius 3 is 2.52 bits per heavy atom. The van der Waals surface area contributed by atoms with Crippen molar-refractivity contribution in [2.24, 2.45) is 0 Å². The lowest BCUT2D eigenvalue weighted by atomic mass is 10.1. The molecule has 1 aromatic rings. The van der Waals surface area contributed by atoms with Crippen LogP contribution >= 0.6 is 0 Å². The van der Waals surface area contributed by atoms with Gasteiger partial charge in [-0.05, 0) is 38.6 Å². The van der Waals surface area contributed by atoms with Crippen molar-refractivity contribution in [2.75, 3.05) is 40.5 Å². The minimum Gasteiger partial charge on any atom is -0.491 e. The van der Waals surface area contributed by atoms with E-state index in [0.717, 1.165) is 25.4 Å². The summed E-state index contributed by atoms with van der Waals surface area (Å²) in [5, 5.41) is 0. The highest BCUT2D eigenvalue weighted by Crippen LogP contribution is 2.20. The van der Waals surface area contributed by atoms with Gasteiger partial charge in [0.05, 0.1) is 6.61 Å². The number of ether oxygens (including phenoxy) is 2. The Balaban J connectivity index is 1.97. The summed E-state index contributed by atoms with van der Waals surface area (Å²) in [5.74, 6) is 0.930. The van der Waals surface area contributed by atoms with Gasteiger partial charge in [0, 0.05) is 38.8 Å². The molecule has 1 aliphatic heterocycles. The van der Waals surface area contributed by atoms with E-state index in [1.54, 1.807) is 7.11 Å². The zero-order chi connectivity index (χ0) is 15.2. The van der Waals surface area contributed by atoms with Crippen molar-refractivity contribution in [3.63, 3.8) is 0 Å². The van der Waals surface area contributed by atoms with Crippen molar-refractivity contribution in [1.29, 1.82) is 0 Å². The molecule has 0 saturated carbocycles. The Labute approximate surface area is 128 Å². The molecule has 1 heterocycles. The van der Waals surface area contributed by atoms with E-state index in [1.807, 2.05) is 6.07 Å². The molecule has 0 amide bonds. The van der Waals surface area contributed by atoms with Gasteiger partial charge < -0.3 is 14.4 Å². The first-order chi connectivity index (χ1) is 10.1. The van der Waals surface area contributed by atoms with E-state index < -0.39 is 0 Å². The molecule has 0 spiro atoms. The SMILES string of the molecule is COCCOc1cccc(CN2[C@H](C)CN(C)C[C@H]2C)c1. The van der Waals surface area contributed by atoms with Gasteiger partial charge in [0.15, 0.2) is 0 Å². The van der Waals surface area contributed by atoms with Gasteiger partial charge in [0.25, 0.3) is 0 Å². The van der Waals surface area contributed by atoms with Crippen LogP contribution in [0, 0.1) is 0 Å². The maximum Gasteiger partial charge on any atom is 0.119 e. The third-order valence-electron chi connectivity index (χ3n) is 4.10. The smallest absolute Gasteiger partial charge is 0.119 e. The number of benzene rings is 1. The van der Waals surface area contributed by atoms with Crippen LogP contribution in [0.15, 0.2) is 24.3 Å². The average Bonchev–Trinajstić information content (AvgIpc) is 2.44. The van der Waals surface area contributed by atoms with Crippen LogP contribution in [0.2, 0.25) is 0 Å². The van der Waals surface area contributed by atoms with Gasteiger partial charge in [-0.1, -0.05) is 12.1 Å². The molecule has 21 heavy (non-hydrogen) atoms. The highest BCUT2D eigenvalue weighted by molar-refractivity contribution is 5.28. The monoisotopic (exact) mass is 292 g/mol. The van der Waals surface area contributed by atoms with Crippen molar-refractivity contribution >= 4 is 0 Å². The van der Waals surface area contributed by atoms with Crippen molar-refractivity contribution in [3.8, 4) is 5.75 Å². The molecular formula is C17H28N2O2. The van der Waals surface area contributed by atoms with Gasteiger partial charge >= 0.3 is 0 Å². The second-order valence-corrected chi connectivity index (χ2v) is 6.08. The summed E-state index contributed by atoms with van der Waals surface area (Å²) in [5.41, 5.74) is 1.31. The highest BCUT2D eigenvalue weighted by Gasteiger charge is 2.27. The summed E-state index contributed by atoms with van der Waals surface area (Å²) in [6, 6.07) is 9.57. The topological polar surface area (TPSA) is 24.9 Å². The van der Waals surface area contributed by atoms with Crippen molar-refractivity contribution < 1.29 is 9.47 Å². The lowest BCUT2D eigenvalue weighted by molar-refractivity contribution is 0.0458. The van der Waals surface area contributed by atoms with Crippen LogP contribution in [0.25, 0.3) is 0 Å². The quantitative estimate of drug-likeness (QED) is 0.751. The molecule has 2 atom stereocenters. The van der Waals surface area contributed by atoms with E-state index in [4.69, 9.17) is 9.47 Å². The highest BCUT2D eigenvalue weighted by atomic mass is 16.5. The van der Waals surface area contributed by atoms with Crippen LogP contribution < -0.4 is 4.74 Å². The zero-order valence-electron chi connectivity index (χ0n) is 13.7. The third kappa shape index (κ3) is 4.70. The summed E-state index contributed by atoms with van der Waals surface area (Å²) in [6.07, 6.45) is 0. The van der Waals surface area contributed by atoms with Gasteiger partial charge in [0.2, 0.25) is 0 Å². The first-order valence-corrected chi connectivity index (χ1v) is 7.75. The first-order valence-electron chi connectivity index (χ1n) is 7.75. The van der Waals surface area contributed by atoms with E-state index in [1.165, 1.54) is 5.56 Å². The lowest BCUT2D eigenvalue weighted by Gasteiger charge is -2.43. The molecule has 1 saturated heterocycles. The molecule has 1 aliphatic rings. The summed E-state index contributed by atoms with van der Waals surface area (Å²) in [6.45, 7) is 9.09. The van der Waals surface area contributed by atoms with Crippen LogP contribution in [0.4, 0.5) is 0 Å². The van der Waals surface area contributed by atoms with Gasteiger partial charge in [-0.25, -0.2) is 0 Å². The Bertz CT molecular complexity index is 427. The molecule has 0 aromatic heterocycles. The third-order valence-corrected chi connectivity index (χ3v) is 4.10. The van der Waals surface area contributed by atoms with Crippen LogP contribution in [0.3, 0.4) is 0 Å². The lowest BCUT2D eigenvalue weighted by Crippen LogP contribution is -2.54. The molecule has 2 rings (SSSR count). The van der Waals surface area contributed by atoms with E-state index >= 15 is 0 Å². The van der Waals surface area contributed by atoms with Crippen LogP contribution in [0.5, 0.6) is 5.75 Å². The molecule has 118 valence electrons. The summed E-state index contributed by atoms with van der Waals surface area (Å²) >= 11 is 0. The van der Waals surface area contributed by atoms with Crippen molar-refractivity contribution in [2.45, 2.75) is 32.5 Å². The zero-order valence-corrected chi connectivity index (χ0v) is 13.7. The van der Waals surface area contributed by atoms with Gasteiger partial charge in [0.1, 0.15) is 12.4 Å². The molecule has 0 aliphatic carbocycles. The first kappa shape index (κ1) is 16.3. The summed E-state index contributed by atoms with van der Waals surface area (Å²) in [4.78, 5) is 4.99. The molecular weight excluding hydrogens is 264 g/mol. The van der Waals surface area contributed by atoms with Crippen LogP contribution in [-0.2, 0) is 11.3 Å². The van der Waals surface area contributed by atoms with E-state index in [2.05, 4.69) is 48.9 Å². The Morgan fingerprint density at radius 1 is 1.14 bits per heavy atom. The minimum absolute atomic E-state index is 0.580. The number of hydrogen-bond donors (Lipinski definition) is 0. The van der Waals surface area contributed by atoms with Gasteiger partial charge in [-0.2, -0.15) is 0 Å². The number of piperazine rings is 1.